The van der Waals surface area contributed by atoms with E-state index in [2.05, 4.69) is 13.1 Å². The van der Waals surface area contributed by atoms with Crippen molar-refractivity contribution in [3.63, 3.8) is 0 Å². The van der Waals surface area contributed by atoms with Crippen LogP contribution in [0.2, 0.25) is 18.6 Å². The topological polar surface area (TPSA) is 143 Å². The fraction of sp³-hybridized carbons (Fsp3) is 0.462. The summed E-state index contributed by atoms with van der Waals surface area (Å²) in [6.07, 6.45) is 2.23. The first-order valence-electron chi connectivity index (χ1n) is 18.1. The lowest BCUT2D eigenvalue weighted by Crippen LogP contribution is -2.52. The summed E-state index contributed by atoms with van der Waals surface area (Å²) in [6, 6.07) is 19.8. The van der Waals surface area contributed by atoms with Gasteiger partial charge in [-0.3, -0.25) is 24.5 Å². The van der Waals surface area contributed by atoms with Crippen molar-refractivity contribution in [3.05, 3.63) is 88.0 Å². The minimum Gasteiger partial charge on any atom is -0.497 e. The van der Waals surface area contributed by atoms with E-state index < -0.39 is 30.6 Å². The van der Waals surface area contributed by atoms with Gasteiger partial charge in [0.15, 0.2) is 5.60 Å². The van der Waals surface area contributed by atoms with Gasteiger partial charge in [0.25, 0.3) is 11.6 Å². The van der Waals surface area contributed by atoms with E-state index in [1.165, 1.54) is 12.1 Å². The van der Waals surface area contributed by atoms with Gasteiger partial charge in [-0.15, -0.1) is 0 Å². The van der Waals surface area contributed by atoms with Crippen molar-refractivity contribution < 1.29 is 33.9 Å². The average Bonchev–Trinajstić information content (AvgIpc) is 3.91. The molecule has 12 nitrogen and oxygen atoms in total. The number of nitrogens with zero attached hydrogens (tertiary/aromatic N) is 4. The van der Waals surface area contributed by atoms with Crippen molar-refractivity contribution in [1.82, 2.24) is 4.90 Å². The molecule has 4 aliphatic rings. The number of fused-ring (bicyclic) bond motifs is 2. The monoisotopic (exact) mass is 726 g/mol. The summed E-state index contributed by atoms with van der Waals surface area (Å²) in [5, 5.41) is 23.3. The van der Waals surface area contributed by atoms with Crippen LogP contribution < -0.4 is 19.7 Å². The molecule has 0 unspecified atom stereocenters. The third-order valence-electron chi connectivity index (χ3n) is 12.0. The van der Waals surface area contributed by atoms with Crippen LogP contribution in [-0.2, 0) is 31.3 Å². The molecular formula is C39H46N4O8Si. The van der Waals surface area contributed by atoms with E-state index >= 15 is 4.79 Å². The number of rotatable bonds is 10. The molecule has 3 amide bonds. The van der Waals surface area contributed by atoms with Gasteiger partial charge >= 0.3 is 0 Å². The smallest absolute Gasteiger partial charge is 0.269 e. The summed E-state index contributed by atoms with van der Waals surface area (Å²) >= 11 is 0. The number of ether oxygens (including phenoxy) is 2. The highest BCUT2D eigenvalue weighted by atomic mass is 28.3. The van der Waals surface area contributed by atoms with Gasteiger partial charge in [0.2, 0.25) is 11.8 Å². The molecule has 3 saturated heterocycles. The van der Waals surface area contributed by atoms with Crippen molar-refractivity contribution in [2.75, 3.05) is 36.6 Å². The van der Waals surface area contributed by atoms with E-state index in [1.54, 1.807) is 27.9 Å². The van der Waals surface area contributed by atoms with Gasteiger partial charge in [-0.25, -0.2) is 0 Å². The zero-order chi connectivity index (χ0) is 36.9. The Hall–Kier alpha value is -4.59. The zero-order valence-electron chi connectivity index (χ0n) is 30.1. The van der Waals surface area contributed by atoms with E-state index in [0.717, 1.165) is 41.4 Å². The number of anilines is 2. The van der Waals surface area contributed by atoms with E-state index in [9.17, 15) is 24.8 Å². The van der Waals surface area contributed by atoms with Crippen molar-refractivity contribution >= 4 is 48.0 Å². The van der Waals surface area contributed by atoms with E-state index in [0.29, 0.717) is 30.8 Å². The lowest BCUT2D eigenvalue weighted by Gasteiger charge is -2.37. The van der Waals surface area contributed by atoms with Crippen LogP contribution in [0.5, 0.6) is 5.75 Å². The molecule has 13 heteroatoms. The first-order valence-corrected chi connectivity index (χ1v) is 21.2. The summed E-state index contributed by atoms with van der Waals surface area (Å²) in [4.78, 5) is 58.3. The number of amides is 3. The highest BCUT2D eigenvalue weighted by molar-refractivity contribution is 6.91. The molecule has 0 aromatic heterocycles. The number of carbonyl (C=O) groups excluding carboxylic acids is 3. The maximum Gasteiger partial charge on any atom is 0.269 e. The van der Waals surface area contributed by atoms with Gasteiger partial charge in [0.05, 0.1) is 57.5 Å². The SMILES string of the molecule is COc1ccc([Si](C)(C)[C@H]2[C@H](CC(=O)N3CCC[C@H]3CO)O[C@@]3(C(=O)N(Cc4ccc(N5CCCC5=O)cc4)c4ccc([N+](=O)[O-])cc43)[C@@H]2C)cc1. The molecule has 3 fully saturated rings. The molecule has 274 valence electrons. The normalized spacial score (nSPS) is 25.8. The fourth-order valence-electron chi connectivity index (χ4n) is 9.30. The lowest BCUT2D eigenvalue weighted by atomic mass is 9.82. The standard InChI is InChI=1S/C39H46N4O8Si/c1-25-37(52(3,4)31-16-14-30(50-2)15-17-31)34(22-36(46)41-19-5-7-29(41)24-44)51-39(25)32-21-28(43(48)49)13-18-33(32)42(38(39)47)23-26-9-11-27(12-10-26)40-20-6-8-35(40)45/h9-18,21,25,29,34,37,44H,5-8,19-20,22-24H2,1-4H3/t25-,29+,34+,37-,39+/m1/s1. The Morgan fingerprint density at radius 3 is 2.42 bits per heavy atom. The summed E-state index contributed by atoms with van der Waals surface area (Å²) in [5.41, 5.74) is 0.653. The Morgan fingerprint density at radius 2 is 1.79 bits per heavy atom. The largest absolute Gasteiger partial charge is 0.497 e. The Bertz CT molecular complexity index is 1890. The van der Waals surface area contributed by atoms with Crippen LogP contribution >= 0.6 is 0 Å². The molecule has 4 heterocycles. The molecule has 5 atom stereocenters. The number of hydrogen-bond donors (Lipinski definition) is 1. The third kappa shape index (κ3) is 5.88. The van der Waals surface area contributed by atoms with Crippen molar-refractivity contribution in [2.24, 2.45) is 5.92 Å². The molecule has 0 aliphatic carbocycles. The van der Waals surface area contributed by atoms with Crippen LogP contribution in [-0.4, -0.2) is 79.7 Å². The maximum atomic E-state index is 15.1. The number of nitro benzene ring substituents is 1. The van der Waals surface area contributed by atoms with Gasteiger partial charge < -0.3 is 29.3 Å². The van der Waals surface area contributed by atoms with Gasteiger partial charge in [-0.2, -0.15) is 0 Å². The summed E-state index contributed by atoms with van der Waals surface area (Å²) in [6.45, 7) is 7.73. The number of benzene rings is 3. The van der Waals surface area contributed by atoms with Crippen molar-refractivity contribution in [2.45, 2.75) is 82.0 Å². The number of carbonyl (C=O) groups is 3. The summed E-state index contributed by atoms with van der Waals surface area (Å²) in [5.74, 6) is -0.0909. The van der Waals surface area contributed by atoms with Gasteiger partial charge in [-0.1, -0.05) is 49.5 Å². The van der Waals surface area contributed by atoms with Crippen LogP contribution in [0.4, 0.5) is 17.1 Å². The predicted octanol–water partition coefficient (Wildman–Crippen LogP) is 4.87. The van der Waals surface area contributed by atoms with Crippen LogP contribution in [0.15, 0.2) is 66.7 Å². The molecule has 3 aromatic carbocycles. The molecule has 3 aromatic rings. The minimum absolute atomic E-state index is 0.0219. The average molecular weight is 727 g/mol. The number of likely N-dealkylation sites (tertiary alicyclic amines) is 1. The highest BCUT2D eigenvalue weighted by Crippen LogP contribution is 2.60. The molecule has 0 radical (unpaired) electrons. The number of nitro groups is 1. The van der Waals surface area contributed by atoms with E-state index in [1.807, 2.05) is 55.5 Å². The molecule has 0 saturated carbocycles. The Morgan fingerprint density at radius 1 is 1.06 bits per heavy atom. The summed E-state index contributed by atoms with van der Waals surface area (Å²) < 4.78 is 12.5. The number of aliphatic hydroxyl groups excluding tert-OH is 1. The predicted molar refractivity (Wildman–Crippen MR) is 198 cm³/mol. The maximum absolute atomic E-state index is 15.1. The number of hydrogen-bond acceptors (Lipinski definition) is 8. The molecule has 52 heavy (non-hydrogen) atoms. The van der Waals surface area contributed by atoms with Crippen LogP contribution in [0.3, 0.4) is 0 Å². The number of methoxy groups -OCH3 is 1. The van der Waals surface area contributed by atoms with E-state index in [-0.39, 0.29) is 54.6 Å². The first-order chi connectivity index (χ1) is 24.9. The molecule has 7 rings (SSSR count). The highest BCUT2D eigenvalue weighted by Gasteiger charge is 2.67. The van der Waals surface area contributed by atoms with Gasteiger partial charge in [-0.05, 0) is 60.7 Å². The second kappa shape index (κ2) is 13.8. The molecule has 4 aliphatic heterocycles. The molecule has 0 bridgehead atoms. The van der Waals surface area contributed by atoms with Crippen LogP contribution in [0.1, 0.15) is 50.2 Å². The Kier molecular flexibility index (Phi) is 9.47. The lowest BCUT2D eigenvalue weighted by molar-refractivity contribution is -0.385. The second-order valence-corrected chi connectivity index (χ2v) is 19.8. The van der Waals surface area contributed by atoms with Crippen molar-refractivity contribution in [1.29, 1.82) is 0 Å². The molecule has 1 N–H and O–H groups in total. The zero-order valence-corrected chi connectivity index (χ0v) is 31.1. The quantitative estimate of drug-likeness (QED) is 0.177. The van der Waals surface area contributed by atoms with Gasteiger partial charge in [0.1, 0.15) is 5.75 Å². The Balaban J connectivity index is 1.29. The number of non-ortho nitro benzene ring substituents is 1. The van der Waals surface area contributed by atoms with Crippen molar-refractivity contribution in [3.8, 4) is 5.75 Å². The van der Waals surface area contributed by atoms with Crippen LogP contribution in [0, 0.1) is 16.0 Å². The fourth-order valence-corrected chi connectivity index (χ4v) is 13.3. The van der Waals surface area contributed by atoms with E-state index in [4.69, 9.17) is 9.47 Å². The third-order valence-corrected chi connectivity index (χ3v) is 16.3. The Labute approximate surface area is 304 Å². The molecular weight excluding hydrogens is 681 g/mol. The van der Waals surface area contributed by atoms with Gasteiger partial charge in [0, 0.05) is 48.8 Å². The number of aliphatic hydroxyl groups is 1. The molecule has 1 spiro atoms. The van der Waals surface area contributed by atoms with Crippen LogP contribution in [0.25, 0.3) is 0 Å². The minimum atomic E-state index is -2.58. The second-order valence-electron chi connectivity index (χ2n) is 15.1. The summed E-state index contributed by atoms with van der Waals surface area (Å²) in [7, 11) is -0.962. The first kappa shape index (κ1) is 35.8.